The van der Waals surface area contributed by atoms with Gasteiger partial charge < -0.3 is 14.2 Å². The Bertz CT molecular complexity index is 1110. The molecule has 0 aliphatic heterocycles. The molecule has 1 atom stereocenters. The fraction of sp³-hybridized carbons (Fsp3) is 0.450. The van der Waals surface area contributed by atoms with Crippen molar-refractivity contribution in [2.75, 3.05) is 27.9 Å². The first-order valence-electron chi connectivity index (χ1n) is 9.41. The van der Waals surface area contributed by atoms with E-state index in [-0.39, 0.29) is 17.6 Å². The third-order valence-corrected chi connectivity index (χ3v) is 5.17. The van der Waals surface area contributed by atoms with E-state index in [2.05, 4.69) is 19.9 Å². The van der Waals surface area contributed by atoms with Gasteiger partial charge in [0.05, 0.1) is 37.9 Å². The predicted octanol–water partition coefficient (Wildman–Crippen LogP) is 2.17. The highest BCUT2D eigenvalue weighted by molar-refractivity contribution is 5.90. The Labute approximate surface area is 167 Å². The van der Waals surface area contributed by atoms with Gasteiger partial charge in [-0.3, -0.25) is 14.3 Å². The zero-order valence-corrected chi connectivity index (χ0v) is 16.9. The number of ether oxygens (including phenoxy) is 3. The van der Waals surface area contributed by atoms with Crippen LogP contribution in [0.2, 0.25) is 0 Å². The van der Waals surface area contributed by atoms with Crippen molar-refractivity contribution in [2.45, 2.75) is 25.8 Å². The molecule has 9 heteroatoms. The van der Waals surface area contributed by atoms with Crippen molar-refractivity contribution in [3.63, 3.8) is 0 Å². The zero-order chi connectivity index (χ0) is 20.5. The molecule has 1 fully saturated rings. The van der Waals surface area contributed by atoms with Crippen LogP contribution >= 0.6 is 0 Å². The van der Waals surface area contributed by atoms with Crippen molar-refractivity contribution in [2.24, 2.45) is 5.92 Å². The average Bonchev–Trinajstić information content (AvgIpc) is 3.58. The lowest BCUT2D eigenvalue weighted by Gasteiger charge is -2.22. The van der Waals surface area contributed by atoms with Gasteiger partial charge in [-0.1, -0.05) is 0 Å². The van der Waals surface area contributed by atoms with Crippen molar-refractivity contribution in [1.82, 2.24) is 24.5 Å². The lowest BCUT2D eigenvalue weighted by atomic mass is 10.1. The first-order valence-corrected chi connectivity index (χ1v) is 9.41. The van der Waals surface area contributed by atoms with E-state index in [9.17, 15) is 4.79 Å². The highest BCUT2D eigenvalue weighted by atomic mass is 16.5. The number of fused-ring (bicyclic) bond motifs is 1. The molecule has 0 bridgehead atoms. The van der Waals surface area contributed by atoms with Gasteiger partial charge in [-0.15, -0.1) is 0 Å². The summed E-state index contributed by atoms with van der Waals surface area (Å²) in [6.45, 7) is 2.18. The van der Waals surface area contributed by atoms with Crippen molar-refractivity contribution in [3.05, 3.63) is 34.5 Å². The minimum Gasteiger partial charge on any atom is -0.480 e. The maximum Gasteiger partial charge on any atom is 0.319 e. The van der Waals surface area contributed by atoms with E-state index in [0.29, 0.717) is 46.4 Å². The highest BCUT2D eigenvalue weighted by Crippen LogP contribution is 2.41. The van der Waals surface area contributed by atoms with Crippen molar-refractivity contribution in [3.8, 4) is 23.1 Å². The number of aryl methyl sites for hydroxylation is 1. The van der Waals surface area contributed by atoms with Gasteiger partial charge in [0.25, 0.3) is 5.56 Å². The molecule has 3 aromatic rings. The van der Waals surface area contributed by atoms with Gasteiger partial charge in [0.2, 0.25) is 5.88 Å². The van der Waals surface area contributed by atoms with Gasteiger partial charge in [-0.05, 0) is 31.7 Å². The molecule has 0 amide bonds. The maximum atomic E-state index is 13.0. The molecule has 3 heterocycles. The van der Waals surface area contributed by atoms with Gasteiger partial charge in [-0.25, -0.2) is 9.97 Å². The SMILES string of the molecule is COCC(C1CC1)n1c(=O)c(C)nc2c(-c3cnc(OC)nc3OC)nccc21. The first kappa shape index (κ1) is 19.3. The average molecular weight is 397 g/mol. The van der Waals surface area contributed by atoms with E-state index in [1.807, 2.05) is 6.07 Å². The molecule has 0 radical (unpaired) electrons. The van der Waals surface area contributed by atoms with E-state index in [0.717, 1.165) is 12.8 Å². The van der Waals surface area contributed by atoms with E-state index >= 15 is 0 Å². The van der Waals surface area contributed by atoms with Gasteiger partial charge in [-0.2, -0.15) is 4.98 Å². The van der Waals surface area contributed by atoms with Crippen molar-refractivity contribution in [1.29, 1.82) is 0 Å². The van der Waals surface area contributed by atoms with Crippen LogP contribution in [0, 0.1) is 12.8 Å². The van der Waals surface area contributed by atoms with Gasteiger partial charge >= 0.3 is 6.01 Å². The molecule has 1 aliphatic carbocycles. The van der Waals surface area contributed by atoms with Crippen LogP contribution in [0.25, 0.3) is 22.3 Å². The molecule has 4 rings (SSSR count). The summed E-state index contributed by atoms with van der Waals surface area (Å²) in [7, 11) is 4.66. The molecular weight excluding hydrogens is 374 g/mol. The third kappa shape index (κ3) is 3.42. The molecule has 1 unspecified atom stereocenters. The van der Waals surface area contributed by atoms with E-state index in [1.165, 1.54) is 14.2 Å². The van der Waals surface area contributed by atoms with Crippen LogP contribution in [0.5, 0.6) is 11.9 Å². The molecule has 0 saturated heterocycles. The lowest BCUT2D eigenvalue weighted by Crippen LogP contribution is -2.31. The fourth-order valence-electron chi connectivity index (χ4n) is 3.61. The molecule has 0 aromatic carbocycles. The van der Waals surface area contributed by atoms with Crippen molar-refractivity contribution < 1.29 is 14.2 Å². The van der Waals surface area contributed by atoms with Crippen LogP contribution in [0.1, 0.15) is 24.6 Å². The second-order valence-corrected chi connectivity index (χ2v) is 7.04. The van der Waals surface area contributed by atoms with Crippen LogP contribution < -0.4 is 15.0 Å². The monoisotopic (exact) mass is 397 g/mol. The number of rotatable bonds is 7. The minimum absolute atomic E-state index is 0.0408. The molecule has 9 nitrogen and oxygen atoms in total. The summed E-state index contributed by atoms with van der Waals surface area (Å²) in [4.78, 5) is 30.6. The van der Waals surface area contributed by atoms with Gasteiger partial charge in [0.15, 0.2) is 0 Å². The molecule has 29 heavy (non-hydrogen) atoms. The summed E-state index contributed by atoms with van der Waals surface area (Å²) in [5.41, 5.74) is 2.72. The topological polar surface area (TPSA) is 101 Å². The Balaban J connectivity index is 1.98. The predicted molar refractivity (Wildman–Crippen MR) is 106 cm³/mol. The number of hydrogen-bond acceptors (Lipinski definition) is 8. The maximum absolute atomic E-state index is 13.0. The molecule has 0 spiro atoms. The number of hydrogen-bond donors (Lipinski definition) is 0. The van der Waals surface area contributed by atoms with Crippen LogP contribution in [0.3, 0.4) is 0 Å². The normalized spacial score (nSPS) is 14.8. The number of aromatic nitrogens is 5. The van der Waals surface area contributed by atoms with Crippen LogP contribution in [0.15, 0.2) is 23.3 Å². The summed E-state index contributed by atoms with van der Waals surface area (Å²) < 4.78 is 17.7. The Morgan fingerprint density at radius 1 is 1.17 bits per heavy atom. The largest absolute Gasteiger partial charge is 0.480 e. The minimum atomic E-state index is -0.110. The molecule has 1 aliphatic rings. The number of methoxy groups -OCH3 is 3. The van der Waals surface area contributed by atoms with Gasteiger partial charge in [0.1, 0.15) is 16.9 Å². The zero-order valence-electron chi connectivity index (χ0n) is 16.9. The second kappa shape index (κ2) is 7.75. The number of nitrogens with zero attached hydrogens (tertiary/aromatic N) is 5. The Morgan fingerprint density at radius 2 is 1.97 bits per heavy atom. The standard InChI is InChI=1S/C20H23N5O4/c1-11-19(26)25(15(10-27-2)12-5-6-12)14-7-8-21-16(17(14)23-11)13-9-22-20(29-4)24-18(13)28-3/h7-9,12,15H,5-6,10H2,1-4H3. The van der Waals surface area contributed by atoms with Crippen LogP contribution in [-0.2, 0) is 4.74 Å². The summed E-state index contributed by atoms with van der Waals surface area (Å²) in [6.07, 6.45) is 5.42. The fourth-order valence-corrected chi connectivity index (χ4v) is 3.61. The van der Waals surface area contributed by atoms with Crippen LogP contribution in [-0.4, -0.2) is 52.4 Å². The second-order valence-electron chi connectivity index (χ2n) is 7.04. The molecule has 0 N–H and O–H groups in total. The quantitative estimate of drug-likeness (QED) is 0.598. The molecule has 1 saturated carbocycles. The summed E-state index contributed by atoms with van der Waals surface area (Å²) in [6, 6.07) is 1.97. The Kier molecular flexibility index (Phi) is 5.14. The summed E-state index contributed by atoms with van der Waals surface area (Å²) in [5.74, 6) is 0.748. The summed E-state index contributed by atoms with van der Waals surface area (Å²) >= 11 is 0. The lowest BCUT2D eigenvalue weighted by molar-refractivity contribution is 0.145. The molecule has 152 valence electrons. The van der Waals surface area contributed by atoms with Crippen molar-refractivity contribution >= 4 is 11.0 Å². The summed E-state index contributed by atoms with van der Waals surface area (Å²) in [5, 5.41) is 0. The number of pyridine rings is 1. The Morgan fingerprint density at radius 3 is 2.62 bits per heavy atom. The van der Waals surface area contributed by atoms with E-state index in [4.69, 9.17) is 14.2 Å². The first-order chi connectivity index (χ1) is 14.1. The van der Waals surface area contributed by atoms with Gasteiger partial charge in [0, 0.05) is 19.5 Å². The van der Waals surface area contributed by atoms with Crippen LogP contribution in [0.4, 0.5) is 0 Å². The van der Waals surface area contributed by atoms with E-state index < -0.39 is 0 Å². The highest BCUT2D eigenvalue weighted by Gasteiger charge is 2.34. The smallest absolute Gasteiger partial charge is 0.319 e. The molecule has 3 aromatic heterocycles. The molecular formula is C20H23N5O4. The third-order valence-electron chi connectivity index (χ3n) is 5.17. The Hall–Kier alpha value is -3.07. The van der Waals surface area contributed by atoms with E-state index in [1.54, 1.807) is 31.0 Å².